The van der Waals surface area contributed by atoms with Crippen LogP contribution in [0.5, 0.6) is 0 Å². The van der Waals surface area contributed by atoms with Crippen LogP contribution in [0.3, 0.4) is 0 Å². The average Bonchev–Trinajstić information content (AvgIpc) is 2.89. The van der Waals surface area contributed by atoms with Crippen molar-refractivity contribution >= 4 is 5.91 Å². The molecular formula is C14H19FN2O2. The number of hydrogen-bond donors (Lipinski definition) is 1. The molecule has 1 aliphatic rings. The maximum absolute atomic E-state index is 13.5. The van der Waals surface area contributed by atoms with Gasteiger partial charge in [-0.3, -0.25) is 4.79 Å². The number of halogens is 1. The van der Waals surface area contributed by atoms with Gasteiger partial charge >= 0.3 is 0 Å². The Hall–Kier alpha value is -1.46. The first kappa shape index (κ1) is 14.0. The van der Waals surface area contributed by atoms with E-state index in [1.54, 1.807) is 11.0 Å². The van der Waals surface area contributed by atoms with E-state index in [0.29, 0.717) is 30.1 Å². The molecule has 0 radical (unpaired) electrons. The summed E-state index contributed by atoms with van der Waals surface area (Å²) in [6, 6.07) is 4.40. The highest BCUT2D eigenvalue weighted by atomic mass is 19.1. The maximum atomic E-state index is 13.5. The average molecular weight is 266 g/mol. The molecule has 1 aliphatic heterocycles. The second kappa shape index (κ2) is 6.12. The van der Waals surface area contributed by atoms with Crippen LogP contribution in [0.1, 0.15) is 22.3 Å². The predicted octanol–water partition coefficient (Wildman–Crippen LogP) is 1.39. The van der Waals surface area contributed by atoms with E-state index in [9.17, 15) is 9.18 Å². The standard InChI is InChI=1S/C14H19FN2O2/c1-19-9-12-6-11(2-3-13(12)15)14(18)17-5-4-10(7-16)8-17/h2-3,6,10H,4-5,7-9,16H2,1H3. The third-order valence-corrected chi connectivity index (χ3v) is 3.50. The van der Waals surface area contributed by atoms with Gasteiger partial charge in [-0.25, -0.2) is 4.39 Å². The summed E-state index contributed by atoms with van der Waals surface area (Å²) >= 11 is 0. The van der Waals surface area contributed by atoms with Gasteiger partial charge in [0.2, 0.25) is 0 Å². The van der Waals surface area contributed by atoms with Crippen LogP contribution in [-0.2, 0) is 11.3 Å². The molecule has 1 amide bonds. The molecule has 0 spiro atoms. The fourth-order valence-corrected chi connectivity index (χ4v) is 2.37. The Labute approximate surface area is 112 Å². The van der Waals surface area contributed by atoms with Gasteiger partial charge in [0, 0.05) is 31.3 Å². The molecule has 0 aromatic heterocycles. The summed E-state index contributed by atoms with van der Waals surface area (Å²) in [7, 11) is 1.50. The van der Waals surface area contributed by atoms with Crippen molar-refractivity contribution in [1.29, 1.82) is 0 Å². The Morgan fingerprint density at radius 3 is 3.00 bits per heavy atom. The number of likely N-dealkylation sites (tertiary alicyclic amines) is 1. The summed E-state index contributed by atoms with van der Waals surface area (Å²) in [6.07, 6.45) is 0.939. The fraction of sp³-hybridized carbons (Fsp3) is 0.500. The largest absolute Gasteiger partial charge is 0.380 e. The summed E-state index contributed by atoms with van der Waals surface area (Å²) in [6.45, 7) is 2.17. The molecule has 0 saturated carbocycles. The lowest BCUT2D eigenvalue weighted by Gasteiger charge is -2.17. The van der Waals surface area contributed by atoms with Crippen molar-refractivity contribution in [2.45, 2.75) is 13.0 Å². The number of carbonyl (C=O) groups excluding carboxylic acids is 1. The summed E-state index contributed by atoms with van der Waals surface area (Å²) in [5, 5.41) is 0. The first-order valence-electron chi connectivity index (χ1n) is 6.42. The van der Waals surface area contributed by atoms with E-state index in [4.69, 9.17) is 10.5 Å². The molecule has 19 heavy (non-hydrogen) atoms. The first-order chi connectivity index (χ1) is 9.15. The highest BCUT2D eigenvalue weighted by molar-refractivity contribution is 5.94. The van der Waals surface area contributed by atoms with Crippen molar-refractivity contribution in [1.82, 2.24) is 4.90 Å². The van der Waals surface area contributed by atoms with Gasteiger partial charge in [-0.15, -0.1) is 0 Å². The van der Waals surface area contributed by atoms with Crippen LogP contribution in [-0.4, -0.2) is 37.6 Å². The van der Waals surface area contributed by atoms with Crippen LogP contribution in [0.4, 0.5) is 4.39 Å². The van der Waals surface area contributed by atoms with Gasteiger partial charge in [0.25, 0.3) is 5.91 Å². The van der Waals surface area contributed by atoms with Gasteiger partial charge in [0.1, 0.15) is 5.82 Å². The minimum atomic E-state index is -0.348. The monoisotopic (exact) mass is 266 g/mol. The summed E-state index contributed by atoms with van der Waals surface area (Å²) < 4.78 is 18.4. The van der Waals surface area contributed by atoms with E-state index in [-0.39, 0.29) is 18.3 Å². The van der Waals surface area contributed by atoms with E-state index in [2.05, 4.69) is 0 Å². The van der Waals surface area contributed by atoms with Crippen LogP contribution in [0, 0.1) is 11.7 Å². The van der Waals surface area contributed by atoms with Crippen LogP contribution >= 0.6 is 0 Å². The lowest BCUT2D eigenvalue weighted by molar-refractivity contribution is 0.0787. The first-order valence-corrected chi connectivity index (χ1v) is 6.42. The Bertz CT molecular complexity index is 465. The van der Waals surface area contributed by atoms with Crippen molar-refractivity contribution in [3.8, 4) is 0 Å². The Morgan fingerprint density at radius 2 is 2.37 bits per heavy atom. The Morgan fingerprint density at radius 1 is 1.58 bits per heavy atom. The molecule has 1 heterocycles. The minimum absolute atomic E-state index is 0.0618. The molecule has 1 atom stereocenters. The fourth-order valence-electron chi connectivity index (χ4n) is 2.37. The van der Waals surface area contributed by atoms with Gasteiger partial charge in [0.15, 0.2) is 0 Å². The number of nitrogens with two attached hydrogens (primary N) is 1. The molecule has 1 saturated heterocycles. The number of benzene rings is 1. The second-order valence-corrected chi connectivity index (χ2v) is 4.88. The summed E-state index contributed by atoms with van der Waals surface area (Å²) in [4.78, 5) is 14.1. The van der Waals surface area contributed by atoms with Gasteiger partial charge in [-0.05, 0) is 37.1 Å². The lowest BCUT2D eigenvalue weighted by Crippen LogP contribution is -2.30. The smallest absolute Gasteiger partial charge is 0.253 e. The number of nitrogens with zero attached hydrogens (tertiary/aromatic N) is 1. The quantitative estimate of drug-likeness (QED) is 0.896. The molecule has 1 unspecified atom stereocenters. The molecule has 2 rings (SSSR count). The molecule has 1 aromatic carbocycles. The van der Waals surface area contributed by atoms with Crippen molar-refractivity contribution < 1.29 is 13.9 Å². The third kappa shape index (κ3) is 3.11. The molecule has 5 heteroatoms. The van der Waals surface area contributed by atoms with Crippen LogP contribution in [0.2, 0.25) is 0 Å². The topological polar surface area (TPSA) is 55.6 Å². The molecular weight excluding hydrogens is 247 g/mol. The van der Waals surface area contributed by atoms with E-state index in [1.165, 1.54) is 19.2 Å². The molecule has 2 N–H and O–H groups in total. The molecule has 0 bridgehead atoms. The molecule has 104 valence electrons. The van der Waals surface area contributed by atoms with Crippen molar-refractivity contribution in [3.63, 3.8) is 0 Å². The highest BCUT2D eigenvalue weighted by Crippen LogP contribution is 2.19. The zero-order chi connectivity index (χ0) is 13.8. The second-order valence-electron chi connectivity index (χ2n) is 4.88. The van der Waals surface area contributed by atoms with Gasteiger partial charge in [-0.1, -0.05) is 0 Å². The highest BCUT2D eigenvalue weighted by Gasteiger charge is 2.26. The molecule has 1 fully saturated rings. The lowest BCUT2D eigenvalue weighted by atomic mass is 10.1. The van der Waals surface area contributed by atoms with Crippen molar-refractivity contribution in [3.05, 3.63) is 35.1 Å². The summed E-state index contributed by atoms with van der Waals surface area (Å²) in [5.74, 6) is -0.0317. The number of hydrogen-bond acceptors (Lipinski definition) is 3. The number of ether oxygens (including phenoxy) is 1. The SMILES string of the molecule is COCc1cc(C(=O)N2CCC(CN)C2)ccc1F. The third-order valence-electron chi connectivity index (χ3n) is 3.50. The zero-order valence-corrected chi connectivity index (χ0v) is 11.1. The van der Waals surface area contributed by atoms with Crippen molar-refractivity contribution in [2.75, 3.05) is 26.7 Å². The van der Waals surface area contributed by atoms with Crippen LogP contribution in [0.15, 0.2) is 18.2 Å². The molecule has 4 nitrogen and oxygen atoms in total. The zero-order valence-electron chi connectivity index (χ0n) is 11.1. The predicted molar refractivity (Wildman–Crippen MR) is 70.2 cm³/mol. The normalized spacial score (nSPS) is 18.9. The van der Waals surface area contributed by atoms with Crippen LogP contribution < -0.4 is 5.73 Å². The number of amides is 1. The number of methoxy groups -OCH3 is 1. The molecule has 0 aliphatic carbocycles. The Kier molecular flexibility index (Phi) is 4.50. The maximum Gasteiger partial charge on any atom is 0.253 e. The minimum Gasteiger partial charge on any atom is -0.380 e. The van der Waals surface area contributed by atoms with Crippen molar-refractivity contribution in [2.24, 2.45) is 11.7 Å². The number of rotatable bonds is 4. The number of carbonyl (C=O) groups is 1. The Balaban J connectivity index is 2.13. The van der Waals surface area contributed by atoms with E-state index in [0.717, 1.165) is 13.0 Å². The van der Waals surface area contributed by atoms with Crippen LogP contribution in [0.25, 0.3) is 0 Å². The van der Waals surface area contributed by atoms with E-state index >= 15 is 0 Å². The molecule has 1 aromatic rings. The summed E-state index contributed by atoms with van der Waals surface area (Å²) in [5.41, 5.74) is 6.53. The van der Waals surface area contributed by atoms with Gasteiger partial charge in [0.05, 0.1) is 6.61 Å². The van der Waals surface area contributed by atoms with Gasteiger partial charge in [-0.2, -0.15) is 0 Å². The van der Waals surface area contributed by atoms with Gasteiger partial charge < -0.3 is 15.4 Å². The van der Waals surface area contributed by atoms with E-state index in [1.807, 2.05) is 0 Å². The van der Waals surface area contributed by atoms with E-state index < -0.39 is 0 Å².